The van der Waals surface area contributed by atoms with Crippen LogP contribution in [0.5, 0.6) is 0 Å². The molecule has 0 unspecified atom stereocenters. The molecule has 1 aliphatic carbocycles. The molecule has 1 amide bonds. The zero-order valence-corrected chi connectivity index (χ0v) is 19.6. The minimum Gasteiger partial charge on any atom is -0.461 e. The van der Waals surface area contributed by atoms with Crippen LogP contribution in [0.2, 0.25) is 0 Å². The Kier molecular flexibility index (Phi) is 6.62. The van der Waals surface area contributed by atoms with Gasteiger partial charge in [-0.1, -0.05) is 48.9 Å². The molecule has 1 N–H and O–H groups in total. The molecule has 0 saturated heterocycles. The van der Waals surface area contributed by atoms with Crippen LogP contribution in [0, 0.1) is 0 Å². The van der Waals surface area contributed by atoms with Crippen LogP contribution in [-0.2, 0) is 11.3 Å². The first kappa shape index (κ1) is 22.2. The Morgan fingerprint density at radius 3 is 2.74 bits per heavy atom. The number of allylic oxidation sites excluding steroid dienone is 1. The van der Waals surface area contributed by atoms with Gasteiger partial charge in [0.25, 0.3) is 0 Å². The van der Waals surface area contributed by atoms with E-state index in [9.17, 15) is 4.79 Å². The van der Waals surface area contributed by atoms with Gasteiger partial charge >= 0.3 is 0 Å². The second-order valence-corrected chi connectivity index (χ2v) is 9.15. The van der Waals surface area contributed by atoms with E-state index in [0.717, 1.165) is 24.2 Å². The Morgan fingerprint density at radius 2 is 2.00 bits per heavy atom. The number of aromatic nitrogens is 5. The molecule has 0 radical (unpaired) electrons. The van der Waals surface area contributed by atoms with Gasteiger partial charge < -0.3 is 9.73 Å². The van der Waals surface area contributed by atoms with Crippen molar-refractivity contribution in [1.82, 2.24) is 24.5 Å². The summed E-state index contributed by atoms with van der Waals surface area (Å²) in [4.78, 5) is 12.9. The quantitative estimate of drug-likeness (QED) is 0.262. The Labute approximate surface area is 202 Å². The number of para-hydroxylation sites is 1. The first-order valence-electron chi connectivity index (χ1n) is 11.4. The third-order valence-electron chi connectivity index (χ3n) is 5.87. The topological polar surface area (TPSA) is 90.8 Å². The number of carbonyl (C=O) groups is 1. The van der Waals surface area contributed by atoms with Crippen LogP contribution in [-0.4, -0.2) is 36.2 Å². The number of hydrogen-bond donors (Lipinski definition) is 1. The monoisotopic (exact) mass is 474 g/mol. The second kappa shape index (κ2) is 10.1. The van der Waals surface area contributed by atoms with E-state index in [2.05, 4.69) is 22.1 Å². The van der Waals surface area contributed by atoms with Crippen molar-refractivity contribution < 1.29 is 9.21 Å². The summed E-state index contributed by atoms with van der Waals surface area (Å²) in [5.41, 5.74) is 1.96. The molecule has 3 aromatic heterocycles. The summed E-state index contributed by atoms with van der Waals surface area (Å²) in [5.74, 6) is 2.42. The van der Waals surface area contributed by atoms with Crippen LogP contribution in [0.3, 0.4) is 0 Å². The number of rotatable bonds is 9. The van der Waals surface area contributed by atoms with Crippen LogP contribution in [0.4, 0.5) is 5.82 Å². The Hall–Kier alpha value is -3.59. The Bertz CT molecular complexity index is 1260. The van der Waals surface area contributed by atoms with Crippen molar-refractivity contribution in [2.75, 3.05) is 11.1 Å². The van der Waals surface area contributed by atoms with E-state index >= 15 is 0 Å². The summed E-state index contributed by atoms with van der Waals surface area (Å²) >= 11 is 1.32. The SMILES string of the molecule is C=CCn1c(SCC(=O)Nc2cc(C3CCCC3)nn2-c2ccccc2)nnc1-c1ccco1. The van der Waals surface area contributed by atoms with Gasteiger partial charge in [-0.3, -0.25) is 9.36 Å². The fourth-order valence-electron chi connectivity index (χ4n) is 4.26. The molecular weight excluding hydrogens is 448 g/mol. The van der Waals surface area contributed by atoms with Gasteiger partial charge in [-0.25, -0.2) is 4.68 Å². The number of amides is 1. The first-order chi connectivity index (χ1) is 16.7. The van der Waals surface area contributed by atoms with Gasteiger partial charge in [-0.2, -0.15) is 5.10 Å². The lowest BCUT2D eigenvalue weighted by atomic mass is 10.0. The molecule has 0 spiro atoms. The van der Waals surface area contributed by atoms with E-state index in [1.165, 1.54) is 24.6 Å². The first-order valence-corrected chi connectivity index (χ1v) is 12.4. The number of carbonyl (C=O) groups excluding carboxylic acids is 1. The Morgan fingerprint density at radius 1 is 1.18 bits per heavy atom. The summed E-state index contributed by atoms with van der Waals surface area (Å²) in [5, 5.41) is 17.0. The van der Waals surface area contributed by atoms with Gasteiger partial charge in [0.2, 0.25) is 11.7 Å². The lowest BCUT2D eigenvalue weighted by Gasteiger charge is -2.09. The van der Waals surface area contributed by atoms with E-state index in [1.807, 2.05) is 51.7 Å². The van der Waals surface area contributed by atoms with E-state index < -0.39 is 0 Å². The smallest absolute Gasteiger partial charge is 0.236 e. The standard InChI is InChI=1S/C25H26N6O2S/c1-2-14-30-24(21-13-8-15-33-21)27-28-25(30)34-17-23(32)26-22-16-20(18-9-6-7-10-18)29-31(22)19-11-4-3-5-12-19/h2-5,8,11-13,15-16,18H,1,6-7,9-10,14,17H2,(H,26,32). The molecule has 0 bridgehead atoms. The van der Waals surface area contributed by atoms with Crippen LogP contribution in [0.1, 0.15) is 37.3 Å². The van der Waals surface area contributed by atoms with Crippen LogP contribution in [0.25, 0.3) is 17.3 Å². The van der Waals surface area contributed by atoms with E-state index in [0.29, 0.717) is 35.0 Å². The van der Waals surface area contributed by atoms with E-state index in [4.69, 9.17) is 9.52 Å². The average Bonchev–Trinajstić information content (AvgIpc) is 3.66. The third kappa shape index (κ3) is 4.70. The number of nitrogens with zero attached hydrogens (tertiary/aromatic N) is 5. The molecule has 3 heterocycles. The highest BCUT2D eigenvalue weighted by Crippen LogP contribution is 2.35. The van der Waals surface area contributed by atoms with Gasteiger partial charge in [0.05, 0.1) is 23.4 Å². The lowest BCUT2D eigenvalue weighted by Crippen LogP contribution is -2.17. The lowest BCUT2D eigenvalue weighted by molar-refractivity contribution is -0.113. The van der Waals surface area contributed by atoms with Gasteiger partial charge in [-0.15, -0.1) is 16.8 Å². The molecule has 5 rings (SSSR count). The van der Waals surface area contributed by atoms with Gasteiger partial charge in [0.15, 0.2) is 10.9 Å². The maximum Gasteiger partial charge on any atom is 0.236 e. The fourth-order valence-corrected chi connectivity index (χ4v) is 5.01. The predicted molar refractivity (Wildman–Crippen MR) is 132 cm³/mol. The summed E-state index contributed by atoms with van der Waals surface area (Å²) in [6.45, 7) is 4.33. The predicted octanol–water partition coefficient (Wildman–Crippen LogP) is 5.30. The molecule has 174 valence electrons. The molecule has 0 atom stereocenters. The molecule has 8 nitrogen and oxygen atoms in total. The third-order valence-corrected chi connectivity index (χ3v) is 6.84. The zero-order valence-electron chi connectivity index (χ0n) is 18.8. The zero-order chi connectivity index (χ0) is 23.3. The molecule has 1 aliphatic rings. The molecule has 1 fully saturated rings. The van der Waals surface area contributed by atoms with Crippen molar-refractivity contribution >= 4 is 23.5 Å². The maximum atomic E-state index is 12.9. The number of furan rings is 1. The normalized spacial score (nSPS) is 13.9. The minimum atomic E-state index is -0.132. The fraction of sp³-hybridized carbons (Fsp3) is 0.280. The summed E-state index contributed by atoms with van der Waals surface area (Å²) in [6, 6.07) is 15.5. The molecule has 0 aliphatic heterocycles. The molecule has 9 heteroatoms. The number of nitrogens with one attached hydrogen (secondary N) is 1. The molecule has 34 heavy (non-hydrogen) atoms. The number of anilines is 1. The van der Waals surface area contributed by atoms with Crippen molar-refractivity contribution in [3.63, 3.8) is 0 Å². The van der Waals surface area contributed by atoms with Gasteiger partial charge in [-0.05, 0) is 37.1 Å². The highest BCUT2D eigenvalue weighted by atomic mass is 32.2. The van der Waals surface area contributed by atoms with Crippen molar-refractivity contribution in [1.29, 1.82) is 0 Å². The highest BCUT2D eigenvalue weighted by Gasteiger charge is 2.23. The maximum absolute atomic E-state index is 12.9. The van der Waals surface area contributed by atoms with Crippen LogP contribution >= 0.6 is 11.8 Å². The molecule has 1 aromatic carbocycles. The van der Waals surface area contributed by atoms with Crippen molar-refractivity contribution in [3.05, 3.63) is 73.1 Å². The molecular formula is C25H26N6O2S. The highest BCUT2D eigenvalue weighted by molar-refractivity contribution is 7.99. The van der Waals surface area contributed by atoms with Crippen molar-refractivity contribution in [2.24, 2.45) is 0 Å². The van der Waals surface area contributed by atoms with E-state index in [-0.39, 0.29) is 11.7 Å². The van der Waals surface area contributed by atoms with Gasteiger partial charge in [0, 0.05) is 18.5 Å². The largest absolute Gasteiger partial charge is 0.461 e. The second-order valence-electron chi connectivity index (χ2n) is 8.20. The minimum absolute atomic E-state index is 0.132. The summed E-state index contributed by atoms with van der Waals surface area (Å²) in [6.07, 6.45) is 8.11. The van der Waals surface area contributed by atoms with Crippen molar-refractivity contribution in [2.45, 2.75) is 43.3 Å². The number of thioether (sulfide) groups is 1. The summed E-state index contributed by atoms with van der Waals surface area (Å²) < 4.78 is 9.18. The Balaban J connectivity index is 1.33. The summed E-state index contributed by atoms with van der Waals surface area (Å²) in [7, 11) is 0. The molecule has 4 aromatic rings. The average molecular weight is 475 g/mol. The van der Waals surface area contributed by atoms with Crippen LogP contribution in [0.15, 0.2) is 77.0 Å². The van der Waals surface area contributed by atoms with Gasteiger partial charge in [0.1, 0.15) is 5.82 Å². The van der Waals surface area contributed by atoms with E-state index in [1.54, 1.807) is 18.4 Å². The van der Waals surface area contributed by atoms with Crippen LogP contribution < -0.4 is 5.32 Å². The number of hydrogen-bond acceptors (Lipinski definition) is 6. The number of benzene rings is 1. The molecule has 1 saturated carbocycles. The van der Waals surface area contributed by atoms with Crippen molar-refractivity contribution in [3.8, 4) is 17.3 Å².